The Morgan fingerprint density at radius 2 is 1.59 bits per heavy atom. The molecule has 0 aliphatic carbocycles. The summed E-state index contributed by atoms with van der Waals surface area (Å²) in [6.07, 6.45) is 4.55. The maximum atomic E-state index is 2.53. The highest BCUT2D eigenvalue weighted by Gasteiger charge is 2.19. The molecule has 1 fully saturated rings. The van der Waals surface area contributed by atoms with Crippen LogP contribution in [-0.2, 0) is 0 Å². The van der Waals surface area contributed by atoms with Crippen LogP contribution in [0.5, 0.6) is 0 Å². The van der Waals surface area contributed by atoms with Gasteiger partial charge in [-0.25, -0.2) is 0 Å². The first-order valence-corrected chi connectivity index (χ1v) is 8.64. The van der Waals surface area contributed by atoms with Gasteiger partial charge in [0.25, 0.3) is 0 Å². The molecule has 0 amide bonds. The molecule has 2 nitrogen and oxygen atoms in total. The average Bonchev–Trinajstić information content (AvgIpc) is 2.74. The second kappa shape index (κ2) is 5.82. The topological polar surface area (TPSA) is 6.48 Å². The molecular weight excluding hydrogens is 288 g/mol. The highest BCUT2D eigenvalue weighted by molar-refractivity contribution is 7.99. The fourth-order valence-corrected chi connectivity index (χ4v) is 4.18. The van der Waals surface area contributed by atoms with E-state index in [1.165, 1.54) is 26.6 Å². The summed E-state index contributed by atoms with van der Waals surface area (Å²) in [4.78, 5) is 7.63. The van der Waals surface area contributed by atoms with E-state index in [9.17, 15) is 0 Å². The Kier molecular flexibility index (Phi) is 3.68. The molecule has 0 bridgehead atoms. The van der Waals surface area contributed by atoms with Crippen molar-refractivity contribution >= 4 is 29.6 Å². The highest BCUT2D eigenvalue weighted by atomic mass is 32.2. The molecule has 2 aromatic carbocycles. The van der Waals surface area contributed by atoms with Gasteiger partial charge in [0.05, 0.1) is 0 Å². The molecule has 2 aliphatic rings. The lowest BCUT2D eigenvalue weighted by Gasteiger charge is -2.35. The predicted molar refractivity (Wildman–Crippen MR) is 95.6 cm³/mol. The molecule has 2 heterocycles. The molecule has 22 heavy (non-hydrogen) atoms. The van der Waals surface area contributed by atoms with Crippen LogP contribution in [0.2, 0.25) is 0 Å². The van der Waals surface area contributed by atoms with E-state index in [0.717, 1.165) is 26.2 Å². The third kappa shape index (κ3) is 2.55. The van der Waals surface area contributed by atoms with Gasteiger partial charge in [0.1, 0.15) is 0 Å². The van der Waals surface area contributed by atoms with Crippen molar-refractivity contribution in [1.29, 1.82) is 0 Å². The SMILES string of the molecule is CN1CCN(c2cccc3c2C=Cc2ccccc2S3)CC1. The molecule has 0 radical (unpaired) electrons. The summed E-state index contributed by atoms with van der Waals surface area (Å²) in [7, 11) is 2.20. The first-order chi connectivity index (χ1) is 10.8. The number of piperazine rings is 1. The van der Waals surface area contributed by atoms with Crippen molar-refractivity contribution in [3.8, 4) is 0 Å². The molecule has 0 spiro atoms. The van der Waals surface area contributed by atoms with E-state index in [-0.39, 0.29) is 0 Å². The quantitative estimate of drug-likeness (QED) is 0.669. The zero-order chi connectivity index (χ0) is 14.9. The minimum Gasteiger partial charge on any atom is -0.368 e. The van der Waals surface area contributed by atoms with Crippen molar-refractivity contribution in [2.75, 3.05) is 38.1 Å². The summed E-state index contributed by atoms with van der Waals surface area (Å²) in [6.45, 7) is 4.50. The second-order valence-corrected chi connectivity index (χ2v) is 7.04. The molecule has 0 N–H and O–H groups in total. The van der Waals surface area contributed by atoms with Crippen molar-refractivity contribution in [2.24, 2.45) is 0 Å². The molecule has 0 saturated carbocycles. The van der Waals surface area contributed by atoms with Crippen molar-refractivity contribution in [1.82, 2.24) is 4.90 Å². The zero-order valence-electron chi connectivity index (χ0n) is 12.8. The second-order valence-electron chi connectivity index (χ2n) is 5.95. The lowest BCUT2D eigenvalue weighted by Crippen LogP contribution is -2.44. The lowest BCUT2D eigenvalue weighted by atomic mass is 10.1. The normalized spacial score (nSPS) is 17.8. The maximum absolute atomic E-state index is 2.53. The Bertz CT molecular complexity index is 715. The van der Waals surface area contributed by atoms with Crippen LogP contribution >= 0.6 is 11.8 Å². The Labute approximate surface area is 136 Å². The first kappa shape index (κ1) is 13.9. The Hall–Kier alpha value is -1.71. The number of benzene rings is 2. The Morgan fingerprint density at radius 3 is 2.45 bits per heavy atom. The zero-order valence-corrected chi connectivity index (χ0v) is 13.6. The van der Waals surface area contributed by atoms with Crippen LogP contribution in [0.1, 0.15) is 11.1 Å². The van der Waals surface area contributed by atoms with Gasteiger partial charge in [0.2, 0.25) is 0 Å². The molecule has 2 aliphatic heterocycles. The summed E-state index contributed by atoms with van der Waals surface area (Å²) < 4.78 is 0. The number of anilines is 1. The van der Waals surface area contributed by atoms with Gasteiger partial charge in [-0.2, -0.15) is 0 Å². The number of hydrogen-bond acceptors (Lipinski definition) is 3. The molecule has 0 aromatic heterocycles. The summed E-state index contributed by atoms with van der Waals surface area (Å²) >= 11 is 1.88. The van der Waals surface area contributed by atoms with Gasteiger partial charge in [0.15, 0.2) is 0 Å². The largest absolute Gasteiger partial charge is 0.368 e. The molecule has 0 unspecified atom stereocenters. The molecule has 112 valence electrons. The number of likely N-dealkylation sites (N-methyl/N-ethyl adjacent to an activating group) is 1. The third-order valence-corrected chi connectivity index (χ3v) is 5.62. The maximum Gasteiger partial charge on any atom is 0.0452 e. The predicted octanol–water partition coefficient (Wildman–Crippen LogP) is 4.07. The van der Waals surface area contributed by atoms with E-state index in [0.29, 0.717) is 0 Å². The van der Waals surface area contributed by atoms with Crippen LogP contribution in [0.25, 0.3) is 12.2 Å². The summed E-state index contributed by atoms with van der Waals surface area (Å²) in [5, 5.41) is 0. The number of hydrogen-bond donors (Lipinski definition) is 0. The number of rotatable bonds is 1. The molecule has 3 heteroatoms. The van der Waals surface area contributed by atoms with Gasteiger partial charge in [-0.05, 0) is 30.8 Å². The van der Waals surface area contributed by atoms with Crippen LogP contribution in [0.4, 0.5) is 5.69 Å². The average molecular weight is 308 g/mol. The van der Waals surface area contributed by atoms with Crippen molar-refractivity contribution < 1.29 is 0 Å². The molecule has 1 saturated heterocycles. The lowest BCUT2D eigenvalue weighted by molar-refractivity contribution is 0.313. The third-order valence-electron chi connectivity index (χ3n) is 4.46. The van der Waals surface area contributed by atoms with E-state index in [4.69, 9.17) is 0 Å². The van der Waals surface area contributed by atoms with Crippen molar-refractivity contribution in [3.63, 3.8) is 0 Å². The first-order valence-electron chi connectivity index (χ1n) is 7.83. The van der Waals surface area contributed by atoms with Gasteiger partial charge in [-0.3, -0.25) is 0 Å². The van der Waals surface area contributed by atoms with Crippen LogP contribution in [-0.4, -0.2) is 38.1 Å². The Morgan fingerprint density at radius 1 is 0.818 bits per heavy atom. The van der Waals surface area contributed by atoms with Crippen molar-refractivity contribution in [3.05, 3.63) is 53.6 Å². The van der Waals surface area contributed by atoms with E-state index in [1.807, 2.05) is 11.8 Å². The summed E-state index contributed by atoms with van der Waals surface area (Å²) in [6, 6.07) is 15.3. The number of fused-ring (bicyclic) bond motifs is 2. The summed E-state index contributed by atoms with van der Waals surface area (Å²) in [5.41, 5.74) is 4.06. The van der Waals surface area contributed by atoms with E-state index >= 15 is 0 Å². The monoisotopic (exact) mass is 308 g/mol. The van der Waals surface area contributed by atoms with Crippen LogP contribution in [0.3, 0.4) is 0 Å². The Balaban J connectivity index is 1.73. The highest BCUT2D eigenvalue weighted by Crippen LogP contribution is 2.40. The van der Waals surface area contributed by atoms with E-state index in [1.54, 1.807) is 0 Å². The standard InChI is InChI=1S/C19H20N2S/c1-20-11-13-21(14-12-20)17-6-4-8-19-16(17)10-9-15-5-2-3-7-18(15)22-19/h2-10H,11-14H2,1H3. The van der Waals surface area contributed by atoms with Crippen LogP contribution in [0.15, 0.2) is 52.3 Å². The van der Waals surface area contributed by atoms with Crippen LogP contribution < -0.4 is 4.90 Å². The minimum atomic E-state index is 1.11. The molecule has 2 aromatic rings. The summed E-state index contributed by atoms with van der Waals surface area (Å²) in [5.74, 6) is 0. The van der Waals surface area contributed by atoms with Crippen LogP contribution in [0, 0.1) is 0 Å². The van der Waals surface area contributed by atoms with Gasteiger partial charge in [0, 0.05) is 47.2 Å². The minimum absolute atomic E-state index is 1.11. The molecular formula is C19H20N2S. The van der Waals surface area contributed by atoms with Gasteiger partial charge in [-0.1, -0.05) is 48.2 Å². The van der Waals surface area contributed by atoms with Gasteiger partial charge < -0.3 is 9.80 Å². The molecule has 0 atom stereocenters. The van der Waals surface area contributed by atoms with E-state index < -0.39 is 0 Å². The van der Waals surface area contributed by atoms with E-state index in [2.05, 4.69) is 71.5 Å². The number of nitrogens with zero attached hydrogens (tertiary/aromatic N) is 2. The van der Waals surface area contributed by atoms with Gasteiger partial charge in [-0.15, -0.1) is 0 Å². The fourth-order valence-electron chi connectivity index (χ4n) is 3.11. The van der Waals surface area contributed by atoms with Crippen molar-refractivity contribution in [2.45, 2.75) is 9.79 Å². The smallest absolute Gasteiger partial charge is 0.0452 e. The molecule has 4 rings (SSSR count). The van der Waals surface area contributed by atoms with Gasteiger partial charge >= 0.3 is 0 Å². The fraction of sp³-hybridized carbons (Fsp3) is 0.263.